The van der Waals surface area contributed by atoms with E-state index < -0.39 is 0 Å². The number of hydrogen-bond acceptors (Lipinski definition) is 3. The van der Waals surface area contributed by atoms with Crippen molar-refractivity contribution in [1.82, 2.24) is 4.57 Å². The molecular formula is C13H16N2O2. The van der Waals surface area contributed by atoms with Crippen LogP contribution in [0.3, 0.4) is 0 Å². The zero-order chi connectivity index (χ0) is 12.3. The average Bonchev–Trinajstić information content (AvgIpc) is 2.69. The van der Waals surface area contributed by atoms with Gasteiger partial charge in [0.05, 0.1) is 5.69 Å². The van der Waals surface area contributed by atoms with Crippen molar-refractivity contribution in [2.75, 3.05) is 0 Å². The van der Waals surface area contributed by atoms with Gasteiger partial charge >= 0.3 is 0 Å². The zero-order valence-corrected chi connectivity index (χ0v) is 9.76. The minimum atomic E-state index is 0.238. The lowest BCUT2D eigenvalue weighted by Crippen LogP contribution is -2.07. The zero-order valence-electron chi connectivity index (χ0n) is 9.76. The van der Waals surface area contributed by atoms with Crippen LogP contribution in [0, 0.1) is 0 Å². The molecule has 0 fully saturated rings. The third-order valence-corrected chi connectivity index (χ3v) is 2.76. The molecule has 0 unspecified atom stereocenters. The first kappa shape index (κ1) is 11.5. The van der Waals surface area contributed by atoms with E-state index in [9.17, 15) is 0 Å². The third-order valence-electron chi connectivity index (χ3n) is 2.76. The molecule has 17 heavy (non-hydrogen) atoms. The fourth-order valence-corrected chi connectivity index (χ4v) is 1.65. The van der Waals surface area contributed by atoms with E-state index in [-0.39, 0.29) is 5.75 Å². The molecule has 0 radical (unpaired) electrons. The van der Waals surface area contributed by atoms with Crippen molar-refractivity contribution in [2.45, 2.75) is 13.2 Å². The maximum atomic E-state index is 9.15. The second-order valence-corrected chi connectivity index (χ2v) is 3.86. The van der Waals surface area contributed by atoms with Gasteiger partial charge < -0.3 is 20.1 Å². The van der Waals surface area contributed by atoms with Gasteiger partial charge in [-0.05, 0) is 36.4 Å². The number of benzene rings is 1. The highest BCUT2D eigenvalue weighted by atomic mass is 16.5. The van der Waals surface area contributed by atoms with Gasteiger partial charge in [-0.15, -0.1) is 0 Å². The van der Waals surface area contributed by atoms with Gasteiger partial charge in [-0.25, -0.2) is 0 Å². The van der Waals surface area contributed by atoms with E-state index in [1.807, 2.05) is 23.7 Å². The monoisotopic (exact) mass is 232 g/mol. The van der Waals surface area contributed by atoms with Crippen LogP contribution in [0.1, 0.15) is 11.4 Å². The Morgan fingerprint density at radius 2 is 1.76 bits per heavy atom. The molecule has 0 saturated heterocycles. The second-order valence-electron chi connectivity index (χ2n) is 3.86. The number of ether oxygens (including phenoxy) is 1. The van der Waals surface area contributed by atoms with Crippen LogP contribution in [0.2, 0.25) is 0 Å². The van der Waals surface area contributed by atoms with Gasteiger partial charge in [0.25, 0.3) is 0 Å². The van der Waals surface area contributed by atoms with Crippen LogP contribution in [-0.2, 0) is 20.2 Å². The molecule has 3 N–H and O–H groups in total. The number of aromatic nitrogens is 1. The van der Waals surface area contributed by atoms with E-state index >= 15 is 0 Å². The Hall–Kier alpha value is -1.94. The predicted octanol–water partition coefficient (Wildman–Crippen LogP) is 1.77. The molecule has 0 saturated carbocycles. The molecule has 0 spiro atoms. The highest BCUT2D eigenvalue weighted by Gasteiger charge is 2.03. The molecule has 0 atom stereocenters. The van der Waals surface area contributed by atoms with Crippen molar-refractivity contribution in [3.05, 3.63) is 47.8 Å². The number of rotatable bonds is 4. The Labute approximate surface area is 100 Å². The Balaban J connectivity index is 2.02. The van der Waals surface area contributed by atoms with Gasteiger partial charge in [-0.1, -0.05) is 0 Å². The molecule has 1 aromatic heterocycles. The van der Waals surface area contributed by atoms with Gasteiger partial charge in [0, 0.05) is 19.3 Å². The molecule has 4 heteroatoms. The maximum Gasteiger partial charge on any atom is 0.128 e. The molecule has 90 valence electrons. The van der Waals surface area contributed by atoms with Crippen molar-refractivity contribution < 1.29 is 9.84 Å². The summed E-state index contributed by atoms with van der Waals surface area (Å²) < 4.78 is 7.64. The minimum Gasteiger partial charge on any atom is -0.508 e. The number of aromatic hydroxyl groups is 1. The van der Waals surface area contributed by atoms with Gasteiger partial charge in [0.1, 0.15) is 18.1 Å². The van der Waals surface area contributed by atoms with Crippen LogP contribution < -0.4 is 10.5 Å². The Kier molecular flexibility index (Phi) is 3.35. The molecule has 2 aromatic rings. The van der Waals surface area contributed by atoms with E-state index in [0.717, 1.165) is 17.1 Å². The van der Waals surface area contributed by atoms with E-state index in [0.29, 0.717) is 13.2 Å². The largest absolute Gasteiger partial charge is 0.508 e. The summed E-state index contributed by atoms with van der Waals surface area (Å²) in [5.74, 6) is 0.972. The fourth-order valence-electron chi connectivity index (χ4n) is 1.65. The molecule has 1 heterocycles. The summed E-state index contributed by atoms with van der Waals surface area (Å²) in [5, 5.41) is 9.15. The standard InChI is InChI=1S/C13H16N2O2/c1-15-10(8-14)2-3-11(15)9-17-13-6-4-12(16)5-7-13/h2-7,16H,8-9,14H2,1H3. The number of phenols is 1. The molecule has 1 aromatic carbocycles. The quantitative estimate of drug-likeness (QED) is 0.844. The first-order chi connectivity index (χ1) is 8.20. The predicted molar refractivity (Wildman–Crippen MR) is 65.7 cm³/mol. The smallest absolute Gasteiger partial charge is 0.128 e. The lowest BCUT2D eigenvalue weighted by Gasteiger charge is -2.08. The van der Waals surface area contributed by atoms with Crippen molar-refractivity contribution >= 4 is 0 Å². The van der Waals surface area contributed by atoms with Crippen LogP contribution >= 0.6 is 0 Å². The van der Waals surface area contributed by atoms with Crippen LogP contribution in [0.4, 0.5) is 0 Å². The van der Waals surface area contributed by atoms with Crippen LogP contribution in [0.25, 0.3) is 0 Å². The van der Waals surface area contributed by atoms with E-state index in [1.165, 1.54) is 0 Å². The summed E-state index contributed by atoms with van der Waals surface area (Å²) >= 11 is 0. The first-order valence-electron chi connectivity index (χ1n) is 5.46. The Bertz CT molecular complexity index is 489. The molecule has 0 aliphatic heterocycles. The van der Waals surface area contributed by atoms with E-state index in [1.54, 1.807) is 24.3 Å². The number of nitrogens with two attached hydrogens (primary N) is 1. The molecule has 0 aliphatic rings. The third kappa shape index (κ3) is 2.60. The summed E-state index contributed by atoms with van der Waals surface area (Å²) in [5.41, 5.74) is 7.74. The van der Waals surface area contributed by atoms with Gasteiger partial charge in [0.15, 0.2) is 0 Å². The average molecular weight is 232 g/mol. The lowest BCUT2D eigenvalue weighted by molar-refractivity contribution is 0.296. The van der Waals surface area contributed by atoms with Gasteiger partial charge in [-0.2, -0.15) is 0 Å². The number of hydrogen-bond donors (Lipinski definition) is 2. The Morgan fingerprint density at radius 3 is 2.35 bits per heavy atom. The lowest BCUT2D eigenvalue weighted by atomic mass is 10.3. The molecule has 0 bridgehead atoms. The Morgan fingerprint density at radius 1 is 1.12 bits per heavy atom. The molecule has 4 nitrogen and oxygen atoms in total. The maximum absolute atomic E-state index is 9.15. The van der Waals surface area contributed by atoms with E-state index in [4.69, 9.17) is 15.6 Å². The van der Waals surface area contributed by atoms with E-state index in [2.05, 4.69) is 0 Å². The number of phenolic OH excluding ortho intramolecular Hbond substituents is 1. The van der Waals surface area contributed by atoms with Crippen molar-refractivity contribution in [3.8, 4) is 11.5 Å². The highest BCUT2D eigenvalue weighted by molar-refractivity contribution is 5.30. The molecule has 0 aliphatic carbocycles. The topological polar surface area (TPSA) is 60.4 Å². The SMILES string of the molecule is Cn1c(CN)ccc1COc1ccc(O)cc1. The molecule has 0 amide bonds. The van der Waals surface area contributed by atoms with Gasteiger partial charge in [-0.3, -0.25) is 0 Å². The fraction of sp³-hybridized carbons (Fsp3) is 0.231. The van der Waals surface area contributed by atoms with Crippen LogP contribution in [0.5, 0.6) is 11.5 Å². The molecular weight excluding hydrogens is 216 g/mol. The summed E-state index contributed by atoms with van der Waals surface area (Å²) in [6, 6.07) is 10.7. The first-order valence-corrected chi connectivity index (χ1v) is 5.46. The van der Waals surface area contributed by atoms with Crippen LogP contribution in [-0.4, -0.2) is 9.67 Å². The second kappa shape index (κ2) is 4.93. The highest BCUT2D eigenvalue weighted by Crippen LogP contribution is 2.17. The summed E-state index contributed by atoms with van der Waals surface area (Å²) in [6.07, 6.45) is 0. The van der Waals surface area contributed by atoms with Crippen molar-refractivity contribution in [1.29, 1.82) is 0 Å². The summed E-state index contributed by atoms with van der Waals surface area (Å²) in [6.45, 7) is 1.01. The number of nitrogens with zero attached hydrogens (tertiary/aromatic N) is 1. The van der Waals surface area contributed by atoms with Gasteiger partial charge in [0.2, 0.25) is 0 Å². The summed E-state index contributed by atoms with van der Waals surface area (Å²) in [4.78, 5) is 0. The minimum absolute atomic E-state index is 0.238. The summed E-state index contributed by atoms with van der Waals surface area (Å²) in [7, 11) is 1.97. The normalized spacial score (nSPS) is 10.5. The molecule has 2 rings (SSSR count). The van der Waals surface area contributed by atoms with Crippen molar-refractivity contribution in [2.24, 2.45) is 12.8 Å². The van der Waals surface area contributed by atoms with Crippen LogP contribution in [0.15, 0.2) is 36.4 Å². The van der Waals surface area contributed by atoms with Crippen molar-refractivity contribution in [3.63, 3.8) is 0 Å².